The molecule has 5 amide bonds. The Labute approximate surface area is 282 Å². The first-order valence-corrected chi connectivity index (χ1v) is 17.4. The van der Waals surface area contributed by atoms with Crippen LogP contribution in [0.3, 0.4) is 0 Å². The summed E-state index contributed by atoms with van der Waals surface area (Å²) < 4.78 is 12.0. The van der Waals surface area contributed by atoms with Gasteiger partial charge in [-0.2, -0.15) is 11.3 Å². The summed E-state index contributed by atoms with van der Waals surface area (Å²) in [4.78, 5) is 73.8. The Morgan fingerprint density at radius 1 is 1.11 bits per heavy atom. The van der Waals surface area contributed by atoms with Crippen LogP contribution in [0.5, 0.6) is 0 Å². The molecular weight excluding hydrogens is 627 g/mol. The van der Waals surface area contributed by atoms with Gasteiger partial charge in [0, 0.05) is 13.1 Å². The molecule has 0 radical (unpaired) electrons. The van der Waals surface area contributed by atoms with Gasteiger partial charge in [0.25, 0.3) is 5.91 Å². The Bertz CT molecular complexity index is 1170. The molecule has 14 heteroatoms. The van der Waals surface area contributed by atoms with E-state index in [2.05, 4.69) is 16.0 Å². The highest BCUT2D eigenvalue weighted by Crippen LogP contribution is 2.30. The fourth-order valence-electron chi connectivity index (χ4n) is 5.56. The first-order chi connectivity index (χ1) is 22.1. The van der Waals surface area contributed by atoms with E-state index in [1.165, 1.54) is 5.54 Å². The Morgan fingerprint density at radius 3 is 2.23 bits per heavy atom. The molecule has 3 atom stereocenters. The van der Waals surface area contributed by atoms with E-state index in [0.29, 0.717) is 32.4 Å². The zero-order valence-corrected chi connectivity index (χ0v) is 29.8. The van der Waals surface area contributed by atoms with Gasteiger partial charge < -0.3 is 31.4 Å². The maximum Gasteiger partial charge on any atom is 0.316 e. The summed E-state index contributed by atoms with van der Waals surface area (Å²) in [6.07, 6.45) is 6.32. The van der Waals surface area contributed by atoms with Gasteiger partial charge in [0.2, 0.25) is 17.6 Å². The molecule has 0 aromatic carbocycles. The predicted molar refractivity (Wildman–Crippen MR) is 181 cm³/mol. The summed E-state index contributed by atoms with van der Waals surface area (Å²) in [5.41, 5.74) is 5.42. The van der Waals surface area contributed by atoms with Crippen molar-refractivity contribution in [3.63, 3.8) is 0 Å². The van der Waals surface area contributed by atoms with Gasteiger partial charge in [-0.1, -0.05) is 67.7 Å². The molecule has 2 aliphatic rings. The second-order valence-corrected chi connectivity index (χ2v) is 14.0. The van der Waals surface area contributed by atoms with E-state index in [-0.39, 0.29) is 24.2 Å². The van der Waals surface area contributed by atoms with E-state index in [1.807, 2.05) is 65.3 Å². The average Bonchev–Trinajstić information content (AvgIpc) is 3.74. The second kappa shape index (κ2) is 20.1. The van der Waals surface area contributed by atoms with Crippen LogP contribution < -0.4 is 27.2 Å². The summed E-state index contributed by atoms with van der Waals surface area (Å²) in [6, 6.07) is -0.920. The summed E-state index contributed by atoms with van der Waals surface area (Å²) in [6.45, 7) is 14.2. The number of aldehydes is 1. The van der Waals surface area contributed by atoms with Crippen molar-refractivity contribution < 1.29 is 33.2 Å². The number of rotatable bonds is 12. The summed E-state index contributed by atoms with van der Waals surface area (Å²) >= 11 is 1.57. The van der Waals surface area contributed by atoms with Crippen LogP contribution in [-0.2, 0) is 30.5 Å². The third kappa shape index (κ3) is 13.0. The number of urea groups is 1. The number of nitrogens with two attached hydrogens (primary N) is 1. The normalized spacial score (nSPS) is 18.3. The first kappa shape index (κ1) is 41.6. The predicted octanol–water partition coefficient (Wildman–Crippen LogP) is 3.93. The molecule has 1 aliphatic carbocycles. The number of halogens is 1. The summed E-state index contributed by atoms with van der Waals surface area (Å²) in [5.74, 6) is -2.34. The molecule has 0 spiro atoms. The largest absolute Gasteiger partial charge is 0.363 e. The van der Waals surface area contributed by atoms with E-state index in [0.717, 1.165) is 37.5 Å². The lowest BCUT2D eigenvalue weighted by molar-refractivity contribution is -0.138. The van der Waals surface area contributed by atoms with Crippen molar-refractivity contribution in [2.24, 2.45) is 17.1 Å². The van der Waals surface area contributed by atoms with Gasteiger partial charge in [-0.15, -0.1) is 10.0 Å². The van der Waals surface area contributed by atoms with Crippen molar-refractivity contribution in [2.75, 3.05) is 6.54 Å². The summed E-state index contributed by atoms with van der Waals surface area (Å²) in [7, 11) is 0. The van der Waals surface area contributed by atoms with E-state index >= 15 is 0 Å². The number of carbonyl (C=O) groups is 6. The Hall–Kier alpha value is -3.39. The number of primary amides is 1. The fourth-order valence-corrected chi connectivity index (χ4v) is 6.23. The molecule has 12 nitrogen and oxygen atoms in total. The van der Waals surface area contributed by atoms with Crippen molar-refractivity contribution in [3.05, 3.63) is 22.4 Å². The maximum atomic E-state index is 13.3. The number of likely N-dealkylation sites (tertiary alicyclic amines) is 1. The van der Waals surface area contributed by atoms with Gasteiger partial charge in [-0.25, -0.2) is 4.79 Å². The van der Waals surface area contributed by atoms with Gasteiger partial charge in [0.15, 0.2) is 0 Å². The lowest BCUT2D eigenvalue weighted by Gasteiger charge is -2.39. The quantitative estimate of drug-likeness (QED) is 0.126. The van der Waals surface area contributed by atoms with Gasteiger partial charge in [-0.05, 0) is 65.8 Å². The molecule has 1 saturated heterocycles. The topological polar surface area (TPSA) is 180 Å². The molecule has 266 valence electrons. The molecule has 3 unspecified atom stereocenters. The number of carbonyl (C=O) groups excluding carboxylic acids is 6. The molecule has 6 N–H and O–H groups in total. The molecule has 1 aromatic rings. The van der Waals surface area contributed by atoms with Gasteiger partial charge in [0.05, 0.1) is 6.04 Å². The number of ketones is 1. The van der Waals surface area contributed by atoms with Crippen LogP contribution in [0.2, 0.25) is 0 Å². The minimum absolute atomic E-state index is 0.126. The number of amides is 5. The maximum absolute atomic E-state index is 13.3. The van der Waals surface area contributed by atoms with Crippen LogP contribution in [0.1, 0.15) is 105 Å². The monoisotopic (exact) mass is 682 g/mol. The molecule has 0 bridgehead atoms. The van der Waals surface area contributed by atoms with E-state index in [1.54, 1.807) is 16.2 Å². The fraction of sp³-hybridized carbons (Fsp3) is 0.697. The smallest absolute Gasteiger partial charge is 0.316 e. The van der Waals surface area contributed by atoms with Crippen LogP contribution >= 0.6 is 11.3 Å². The highest BCUT2D eigenvalue weighted by Gasteiger charge is 2.43. The number of hydrogen-bond donors (Lipinski definition) is 5. The third-order valence-electron chi connectivity index (χ3n) is 8.05. The van der Waals surface area contributed by atoms with Crippen molar-refractivity contribution in [3.8, 4) is 0 Å². The molecule has 2 heterocycles. The van der Waals surface area contributed by atoms with E-state index in [4.69, 9.17) is 5.73 Å². The number of nitrogens with one attached hydrogen (secondary N) is 4. The summed E-state index contributed by atoms with van der Waals surface area (Å²) in [5, 5.41) is 12.7. The Kier molecular flexibility index (Phi) is 17.8. The number of thiophene rings is 1. The SMILES string of the molecule is CC.CC(C)(C)C(NC(=O)NC1(C(=O)NCc2ccsc2)CCCCC1)C(=O)N1CCCC1C=O.CC(C)CC(NF)C(=O)C(N)=O. The highest BCUT2D eigenvalue weighted by molar-refractivity contribution is 7.07. The van der Waals surface area contributed by atoms with Crippen LogP contribution in [0.15, 0.2) is 16.8 Å². The van der Waals surface area contributed by atoms with Crippen molar-refractivity contribution in [2.45, 2.75) is 130 Å². The molecule has 1 aromatic heterocycles. The Balaban J connectivity index is 0.000000667. The molecule has 2 fully saturated rings. The van der Waals surface area contributed by atoms with Gasteiger partial charge >= 0.3 is 6.03 Å². The number of nitrogens with zero attached hydrogens (tertiary/aromatic N) is 1. The van der Waals surface area contributed by atoms with Gasteiger partial charge in [0.1, 0.15) is 23.9 Å². The average molecular weight is 683 g/mol. The standard InChI is InChI=1S/C24H36N4O4S.C7H13FN2O2.C2H6/c1-23(2,3)19(20(30)28-12-7-8-18(28)15-29)26-22(32)27-24(10-5-4-6-11-24)21(31)25-14-17-9-13-33-16-17;1-4(2)3-5(10-8)6(11)7(9)12;1-2/h9,13,15-16,18-19H,4-8,10-12,14H2,1-3H3,(H,25,31)(H2,26,27,32);4-5,10H,3H2,1-2H3,(H2,9,12);1-2H3. The molecule has 1 aliphatic heterocycles. The molecule has 47 heavy (non-hydrogen) atoms. The molecule has 3 rings (SSSR count). The van der Waals surface area contributed by atoms with Crippen LogP contribution in [0.4, 0.5) is 9.28 Å². The molecular formula is C33H55FN6O6S. The zero-order valence-electron chi connectivity index (χ0n) is 29.0. The van der Waals surface area contributed by atoms with E-state index in [9.17, 15) is 33.2 Å². The van der Waals surface area contributed by atoms with Crippen LogP contribution in [-0.4, -0.2) is 70.9 Å². The van der Waals surface area contributed by atoms with Crippen LogP contribution in [0, 0.1) is 11.3 Å². The number of hydrogen-bond acceptors (Lipinski definition) is 8. The zero-order chi connectivity index (χ0) is 35.8. The highest BCUT2D eigenvalue weighted by atomic mass is 32.1. The minimum Gasteiger partial charge on any atom is -0.363 e. The first-order valence-electron chi connectivity index (χ1n) is 16.5. The second-order valence-electron chi connectivity index (χ2n) is 13.3. The number of Topliss-reactive ketones (excluding diaryl/α,β-unsaturated/α-hetero) is 1. The van der Waals surface area contributed by atoms with Gasteiger partial charge in [-0.3, -0.25) is 19.2 Å². The lowest BCUT2D eigenvalue weighted by Crippen LogP contribution is -2.64. The minimum atomic E-state index is -1.11. The van der Waals surface area contributed by atoms with Crippen molar-refractivity contribution in [1.82, 2.24) is 26.4 Å². The molecule has 1 saturated carbocycles. The van der Waals surface area contributed by atoms with Crippen LogP contribution in [0.25, 0.3) is 0 Å². The lowest BCUT2D eigenvalue weighted by atomic mass is 9.80. The third-order valence-corrected chi connectivity index (χ3v) is 8.79. The van der Waals surface area contributed by atoms with Crippen molar-refractivity contribution >= 4 is 47.2 Å². The Morgan fingerprint density at radius 2 is 1.74 bits per heavy atom. The van der Waals surface area contributed by atoms with Crippen molar-refractivity contribution in [1.29, 1.82) is 0 Å². The van der Waals surface area contributed by atoms with E-state index < -0.39 is 46.8 Å².